The molecular weight excluding hydrogens is 418 g/mol. The Balaban J connectivity index is 1.45. The fraction of sp³-hybridized carbons (Fsp3) is 0.462. The average Bonchev–Trinajstić information content (AvgIpc) is 3.25. The second-order valence-electron chi connectivity index (χ2n) is 8.59. The molecule has 32 heavy (non-hydrogen) atoms. The van der Waals surface area contributed by atoms with Crippen molar-refractivity contribution in [1.82, 2.24) is 9.97 Å². The van der Waals surface area contributed by atoms with Crippen molar-refractivity contribution in [2.45, 2.75) is 75.5 Å². The van der Waals surface area contributed by atoms with Gasteiger partial charge >= 0.3 is 5.97 Å². The fourth-order valence-corrected chi connectivity index (χ4v) is 5.31. The summed E-state index contributed by atoms with van der Waals surface area (Å²) in [5.74, 6) is 2.39. The Morgan fingerprint density at radius 1 is 1.19 bits per heavy atom. The molecular formula is C26H33N3O2S. The minimum absolute atomic E-state index is 0.258. The second kappa shape index (κ2) is 11.4. The molecule has 0 spiro atoms. The molecule has 3 aromatic rings. The van der Waals surface area contributed by atoms with Gasteiger partial charge in [-0.15, -0.1) is 11.8 Å². The highest BCUT2D eigenvalue weighted by atomic mass is 32.2. The topological polar surface area (TPSA) is 67.0 Å². The molecule has 5 nitrogen and oxygen atoms in total. The van der Waals surface area contributed by atoms with Crippen LogP contribution in [0.2, 0.25) is 0 Å². The van der Waals surface area contributed by atoms with Gasteiger partial charge in [0.1, 0.15) is 5.82 Å². The van der Waals surface area contributed by atoms with E-state index in [1.54, 1.807) is 11.8 Å². The van der Waals surface area contributed by atoms with Gasteiger partial charge in [-0.3, -0.25) is 0 Å². The minimum atomic E-state index is -0.258. The number of hydrogen-bond donors (Lipinski definition) is 2. The first kappa shape index (κ1) is 22.7. The zero-order chi connectivity index (χ0) is 22.2. The largest absolute Gasteiger partial charge is 0.343 e. The molecule has 1 fully saturated rings. The average molecular weight is 452 g/mol. The van der Waals surface area contributed by atoms with Crippen LogP contribution in [0, 0.1) is 0 Å². The van der Waals surface area contributed by atoms with Crippen LogP contribution in [0.25, 0.3) is 11.0 Å². The first-order valence-electron chi connectivity index (χ1n) is 11.9. The smallest absolute Gasteiger partial charge is 0.332 e. The van der Waals surface area contributed by atoms with E-state index in [2.05, 4.69) is 23.5 Å². The quantitative estimate of drug-likeness (QED) is 0.197. The molecule has 0 aliphatic heterocycles. The number of aryl methyl sites for hydroxylation is 1. The lowest BCUT2D eigenvalue weighted by atomic mass is 9.89. The number of carbonyl (C=O) groups excluding carboxylic acids is 1. The Hall–Kier alpha value is -2.47. The van der Waals surface area contributed by atoms with Gasteiger partial charge in [0, 0.05) is 10.8 Å². The summed E-state index contributed by atoms with van der Waals surface area (Å²) in [6.45, 7) is 2.20. The van der Waals surface area contributed by atoms with Gasteiger partial charge in [-0.05, 0) is 49.1 Å². The third-order valence-electron chi connectivity index (χ3n) is 6.08. The van der Waals surface area contributed by atoms with Crippen molar-refractivity contribution in [2.75, 3.05) is 11.2 Å². The zero-order valence-electron chi connectivity index (χ0n) is 18.9. The van der Waals surface area contributed by atoms with Crippen LogP contribution in [0.3, 0.4) is 0 Å². The van der Waals surface area contributed by atoms with E-state index in [-0.39, 0.29) is 5.97 Å². The molecule has 1 aromatic heterocycles. The highest BCUT2D eigenvalue weighted by Crippen LogP contribution is 2.35. The predicted molar refractivity (Wildman–Crippen MR) is 132 cm³/mol. The van der Waals surface area contributed by atoms with Crippen LogP contribution in [-0.4, -0.2) is 21.7 Å². The maximum absolute atomic E-state index is 12.3. The normalized spacial score (nSPS) is 14.5. The summed E-state index contributed by atoms with van der Waals surface area (Å²) in [4.78, 5) is 27.3. The maximum atomic E-state index is 12.3. The van der Waals surface area contributed by atoms with Gasteiger partial charge in [-0.2, -0.15) is 0 Å². The summed E-state index contributed by atoms with van der Waals surface area (Å²) in [6.07, 6.45) is 9.63. The first-order valence-corrected chi connectivity index (χ1v) is 12.9. The summed E-state index contributed by atoms with van der Waals surface area (Å²) >= 11 is 1.79. The molecule has 1 aliphatic carbocycles. The maximum Gasteiger partial charge on any atom is 0.332 e. The van der Waals surface area contributed by atoms with E-state index in [0.29, 0.717) is 18.8 Å². The van der Waals surface area contributed by atoms with E-state index >= 15 is 0 Å². The summed E-state index contributed by atoms with van der Waals surface area (Å²) in [5, 5.41) is 0. The number of aromatic amines is 1. The molecule has 0 radical (unpaired) electrons. The molecule has 0 bridgehead atoms. The van der Waals surface area contributed by atoms with Crippen molar-refractivity contribution >= 4 is 34.5 Å². The van der Waals surface area contributed by atoms with Crippen molar-refractivity contribution in [3.05, 3.63) is 53.9 Å². The molecule has 1 heterocycles. The Bertz CT molecular complexity index is 1010. The number of fused-ring (bicyclic) bond motifs is 1. The van der Waals surface area contributed by atoms with Crippen LogP contribution < -0.4 is 5.48 Å². The van der Waals surface area contributed by atoms with E-state index in [0.717, 1.165) is 51.6 Å². The molecule has 0 amide bonds. The number of aromatic nitrogens is 2. The molecule has 0 saturated heterocycles. The summed E-state index contributed by atoms with van der Waals surface area (Å²) in [5.41, 5.74) is 6.88. The van der Waals surface area contributed by atoms with Gasteiger partial charge in [-0.25, -0.2) is 15.3 Å². The van der Waals surface area contributed by atoms with Crippen LogP contribution in [0.1, 0.15) is 75.6 Å². The summed E-state index contributed by atoms with van der Waals surface area (Å²) in [7, 11) is 0. The van der Waals surface area contributed by atoms with Gasteiger partial charge in [0.15, 0.2) is 0 Å². The third kappa shape index (κ3) is 6.06. The molecule has 0 atom stereocenters. The Morgan fingerprint density at radius 2 is 2.00 bits per heavy atom. The Labute approximate surface area is 194 Å². The summed E-state index contributed by atoms with van der Waals surface area (Å²) in [6, 6.07) is 14.2. The number of hydrogen-bond acceptors (Lipinski definition) is 5. The number of H-pyrrole nitrogens is 1. The van der Waals surface area contributed by atoms with Gasteiger partial charge in [-0.1, -0.05) is 62.9 Å². The standard InChI is InChI=1S/C26H33N3O2S/c1-2-3-16-32-24-18-22-21(27-26(28-22)20-12-8-5-9-13-20)17-23(24)29-31-25(30)15-14-19-10-6-4-7-11-19/h4,6-7,10-11,17-18,20,29H,2-3,5,8-9,12-16H2,1H3,(H,27,28). The molecule has 4 rings (SSSR count). The van der Waals surface area contributed by atoms with Crippen molar-refractivity contribution in [3.8, 4) is 0 Å². The molecule has 2 N–H and O–H groups in total. The van der Waals surface area contributed by atoms with Crippen LogP contribution in [0.15, 0.2) is 47.4 Å². The van der Waals surface area contributed by atoms with E-state index in [4.69, 9.17) is 9.82 Å². The van der Waals surface area contributed by atoms with Gasteiger partial charge in [0.05, 0.1) is 23.1 Å². The fourth-order valence-electron chi connectivity index (χ4n) is 4.21. The van der Waals surface area contributed by atoms with Gasteiger partial charge < -0.3 is 9.82 Å². The molecule has 2 aromatic carbocycles. The lowest BCUT2D eigenvalue weighted by molar-refractivity contribution is -0.140. The van der Waals surface area contributed by atoms with Crippen LogP contribution in [0.4, 0.5) is 5.69 Å². The Morgan fingerprint density at radius 3 is 2.78 bits per heavy atom. The molecule has 1 saturated carbocycles. The molecule has 0 unspecified atom stereocenters. The number of thioether (sulfide) groups is 1. The second-order valence-corrected chi connectivity index (χ2v) is 9.72. The van der Waals surface area contributed by atoms with Crippen LogP contribution in [0.5, 0.6) is 0 Å². The first-order chi connectivity index (χ1) is 15.7. The third-order valence-corrected chi connectivity index (χ3v) is 7.23. The number of carbonyl (C=O) groups is 1. The minimum Gasteiger partial charge on any atom is -0.343 e. The number of anilines is 1. The predicted octanol–water partition coefficient (Wildman–Crippen LogP) is 7.01. The van der Waals surface area contributed by atoms with Crippen molar-refractivity contribution in [2.24, 2.45) is 0 Å². The van der Waals surface area contributed by atoms with Gasteiger partial charge in [0.25, 0.3) is 0 Å². The van der Waals surface area contributed by atoms with E-state index < -0.39 is 0 Å². The number of benzene rings is 2. The summed E-state index contributed by atoms with van der Waals surface area (Å²) < 4.78 is 0. The van der Waals surface area contributed by atoms with E-state index in [1.807, 2.05) is 36.4 Å². The van der Waals surface area contributed by atoms with Crippen LogP contribution in [-0.2, 0) is 16.1 Å². The number of imidazole rings is 1. The number of rotatable bonds is 10. The molecule has 6 heteroatoms. The molecule has 170 valence electrons. The van der Waals surface area contributed by atoms with Crippen molar-refractivity contribution in [3.63, 3.8) is 0 Å². The van der Waals surface area contributed by atoms with Crippen molar-refractivity contribution < 1.29 is 9.63 Å². The van der Waals surface area contributed by atoms with E-state index in [9.17, 15) is 4.79 Å². The number of nitrogens with zero attached hydrogens (tertiary/aromatic N) is 1. The van der Waals surface area contributed by atoms with E-state index in [1.165, 1.54) is 32.1 Å². The Kier molecular flexibility index (Phi) is 8.10. The highest BCUT2D eigenvalue weighted by Gasteiger charge is 2.20. The highest BCUT2D eigenvalue weighted by molar-refractivity contribution is 7.99. The van der Waals surface area contributed by atoms with Crippen LogP contribution >= 0.6 is 11.8 Å². The number of nitrogens with one attached hydrogen (secondary N) is 2. The zero-order valence-corrected chi connectivity index (χ0v) is 19.7. The number of unbranched alkanes of at least 4 members (excludes halogenated alkanes) is 1. The molecule has 1 aliphatic rings. The lowest BCUT2D eigenvalue weighted by Crippen LogP contribution is -2.11. The SMILES string of the molecule is CCCCSc1cc2nc(C3CCCCC3)[nH]c2cc1NOC(=O)CCc1ccccc1. The van der Waals surface area contributed by atoms with Crippen molar-refractivity contribution in [1.29, 1.82) is 0 Å². The monoisotopic (exact) mass is 451 g/mol. The lowest BCUT2D eigenvalue weighted by Gasteiger charge is -2.18. The van der Waals surface area contributed by atoms with Gasteiger partial charge in [0.2, 0.25) is 0 Å².